The van der Waals surface area contributed by atoms with Gasteiger partial charge in [-0.1, -0.05) is 19.1 Å². The van der Waals surface area contributed by atoms with Crippen LogP contribution in [0.3, 0.4) is 0 Å². The minimum Gasteiger partial charge on any atom is -0.457 e. The van der Waals surface area contributed by atoms with E-state index in [4.69, 9.17) is 4.74 Å². The molecular formula is C20H17N3O3. The molecule has 2 aromatic carbocycles. The van der Waals surface area contributed by atoms with E-state index in [-0.39, 0.29) is 11.8 Å². The van der Waals surface area contributed by atoms with Crippen LogP contribution in [-0.4, -0.2) is 21.6 Å². The van der Waals surface area contributed by atoms with Crippen LogP contribution in [0.25, 0.3) is 0 Å². The van der Waals surface area contributed by atoms with Gasteiger partial charge in [-0.25, -0.2) is 0 Å². The van der Waals surface area contributed by atoms with Crippen LogP contribution >= 0.6 is 0 Å². The lowest BCUT2D eigenvalue weighted by Gasteiger charge is -2.13. The first-order chi connectivity index (χ1) is 12.7. The number of hydrogen-bond acceptors (Lipinski definition) is 4. The number of hydrogen-bond donors (Lipinski definition) is 1. The molecule has 4 rings (SSSR count). The number of fused-ring (bicyclic) bond motifs is 1. The first-order valence-corrected chi connectivity index (χ1v) is 8.41. The van der Waals surface area contributed by atoms with Gasteiger partial charge in [-0.2, -0.15) is 5.10 Å². The van der Waals surface area contributed by atoms with Gasteiger partial charge in [0.15, 0.2) is 0 Å². The third-order valence-corrected chi connectivity index (χ3v) is 4.38. The van der Waals surface area contributed by atoms with Crippen LogP contribution in [0.2, 0.25) is 0 Å². The SMILES string of the molecule is CCc1c(Oc2ccc(Cn3cccn3)cc2)ccc2c1C(=O)NC2=O. The van der Waals surface area contributed by atoms with Crippen molar-refractivity contribution in [3.63, 3.8) is 0 Å². The smallest absolute Gasteiger partial charge is 0.259 e. The molecule has 1 aliphatic rings. The van der Waals surface area contributed by atoms with Crippen molar-refractivity contribution < 1.29 is 14.3 Å². The molecule has 2 heterocycles. The Morgan fingerprint density at radius 1 is 1.08 bits per heavy atom. The molecule has 0 unspecified atom stereocenters. The topological polar surface area (TPSA) is 73.2 Å². The molecule has 6 nitrogen and oxygen atoms in total. The second-order valence-electron chi connectivity index (χ2n) is 6.05. The van der Waals surface area contributed by atoms with Crippen molar-refractivity contribution >= 4 is 11.8 Å². The van der Waals surface area contributed by atoms with Crippen molar-refractivity contribution in [2.24, 2.45) is 0 Å². The van der Waals surface area contributed by atoms with Crippen molar-refractivity contribution in [2.45, 2.75) is 19.9 Å². The molecule has 1 aromatic heterocycles. The Bertz CT molecular complexity index is 976. The molecule has 0 aliphatic carbocycles. The molecule has 0 atom stereocenters. The summed E-state index contributed by atoms with van der Waals surface area (Å²) in [5, 5.41) is 6.53. The molecule has 130 valence electrons. The number of ether oxygens (including phenoxy) is 1. The standard InChI is InChI=1S/C20H17N3O3/c1-2-15-17(9-8-16-18(15)20(25)22-19(16)24)26-14-6-4-13(5-7-14)12-23-11-3-10-21-23/h3-11H,2,12H2,1H3,(H,22,24,25). The lowest BCUT2D eigenvalue weighted by atomic mass is 9.99. The maximum atomic E-state index is 12.1. The van der Waals surface area contributed by atoms with Crippen LogP contribution in [0.1, 0.15) is 38.8 Å². The second-order valence-corrected chi connectivity index (χ2v) is 6.05. The van der Waals surface area contributed by atoms with Gasteiger partial charge in [0.25, 0.3) is 11.8 Å². The Kier molecular flexibility index (Phi) is 4.01. The molecule has 1 aliphatic heterocycles. The molecule has 6 heteroatoms. The summed E-state index contributed by atoms with van der Waals surface area (Å²) in [6, 6.07) is 13.0. The molecule has 2 amide bonds. The van der Waals surface area contributed by atoms with Crippen LogP contribution in [-0.2, 0) is 13.0 Å². The molecule has 0 saturated heterocycles. The van der Waals surface area contributed by atoms with Crippen molar-refractivity contribution in [1.29, 1.82) is 0 Å². The Balaban J connectivity index is 1.59. The minimum atomic E-state index is -0.359. The normalized spacial score (nSPS) is 12.8. The molecule has 0 spiro atoms. The van der Waals surface area contributed by atoms with Crippen molar-refractivity contribution in [3.8, 4) is 11.5 Å². The summed E-state index contributed by atoms with van der Waals surface area (Å²) in [6.45, 7) is 2.63. The second kappa shape index (κ2) is 6.48. The highest BCUT2D eigenvalue weighted by Gasteiger charge is 2.30. The summed E-state index contributed by atoms with van der Waals surface area (Å²) in [7, 11) is 0. The van der Waals surface area contributed by atoms with Gasteiger partial charge >= 0.3 is 0 Å². The number of amides is 2. The highest BCUT2D eigenvalue weighted by atomic mass is 16.5. The van der Waals surface area contributed by atoms with Crippen molar-refractivity contribution in [3.05, 3.63) is 77.1 Å². The fourth-order valence-electron chi connectivity index (χ4n) is 3.13. The van der Waals surface area contributed by atoms with E-state index in [0.29, 0.717) is 35.6 Å². The Morgan fingerprint density at radius 3 is 2.58 bits per heavy atom. The lowest BCUT2D eigenvalue weighted by Crippen LogP contribution is -2.20. The zero-order valence-electron chi connectivity index (χ0n) is 14.2. The number of nitrogens with one attached hydrogen (secondary N) is 1. The summed E-state index contributed by atoms with van der Waals surface area (Å²) >= 11 is 0. The van der Waals surface area contributed by atoms with Gasteiger partial charge in [0, 0.05) is 18.0 Å². The van der Waals surface area contributed by atoms with Gasteiger partial charge in [0.1, 0.15) is 11.5 Å². The van der Waals surface area contributed by atoms with Gasteiger partial charge in [-0.05, 0) is 42.3 Å². The van der Waals surface area contributed by atoms with Gasteiger partial charge in [0.2, 0.25) is 0 Å². The molecule has 0 fully saturated rings. The van der Waals surface area contributed by atoms with Gasteiger partial charge in [0.05, 0.1) is 17.7 Å². The van der Waals surface area contributed by atoms with Crippen LogP contribution in [0.4, 0.5) is 0 Å². The van der Waals surface area contributed by atoms with Crippen molar-refractivity contribution in [2.75, 3.05) is 0 Å². The average molecular weight is 347 g/mol. The van der Waals surface area contributed by atoms with E-state index in [2.05, 4.69) is 10.4 Å². The van der Waals surface area contributed by atoms with Crippen molar-refractivity contribution in [1.82, 2.24) is 15.1 Å². The zero-order valence-corrected chi connectivity index (χ0v) is 14.2. The minimum absolute atomic E-state index is 0.353. The van der Waals surface area contributed by atoms with Gasteiger partial charge in [-0.3, -0.25) is 19.6 Å². The number of nitrogens with zero attached hydrogens (tertiary/aromatic N) is 2. The largest absolute Gasteiger partial charge is 0.457 e. The van der Waals surface area contributed by atoms with Crippen LogP contribution in [0.5, 0.6) is 11.5 Å². The summed E-state index contributed by atoms with van der Waals surface area (Å²) in [5.74, 6) is 0.556. The fraction of sp³-hybridized carbons (Fsp3) is 0.150. The van der Waals surface area contributed by atoms with E-state index >= 15 is 0 Å². The Hall–Kier alpha value is -3.41. The number of carbonyl (C=O) groups excluding carboxylic acids is 2. The first kappa shape index (κ1) is 16.1. The third-order valence-electron chi connectivity index (χ3n) is 4.38. The monoisotopic (exact) mass is 347 g/mol. The molecule has 0 saturated carbocycles. The van der Waals surface area contributed by atoms with E-state index in [1.807, 2.05) is 48.1 Å². The van der Waals surface area contributed by atoms with E-state index in [1.54, 1.807) is 18.3 Å². The lowest BCUT2D eigenvalue weighted by molar-refractivity contribution is 0.0879. The number of aromatic nitrogens is 2. The Morgan fingerprint density at radius 2 is 1.88 bits per heavy atom. The van der Waals surface area contributed by atoms with E-state index in [0.717, 1.165) is 11.1 Å². The predicted octanol–water partition coefficient (Wildman–Crippen LogP) is 3.17. The van der Waals surface area contributed by atoms with Gasteiger partial charge < -0.3 is 4.74 Å². The zero-order chi connectivity index (χ0) is 18.1. The molecular weight excluding hydrogens is 330 g/mol. The molecule has 0 bridgehead atoms. The highest BCUT2D eigenvalue weighted by molar-refractivity contribution is 6.22. The van der Waals surface area contributed by atoms with Crippen LogP contribution in [0.15, 0.2) is 54.9 Å². The van der Waals surface area contributed by atoms with E-state index in [9.17, 15) is 9.59 Å². The summed E-state index contributed by atoms with van der Waals surface area (Å²) < 4.78 is 7.83. The van der Waals surface area contributed by atoms with Crippen LogP contribution in [0, 0.1) is 0 Å². The molecule has 1 N–H and O–H groups in total. The highest BCUT2D eigenvalue weighted by Crippen LogP contribution is 2.32. The number of carbonyl (C=O) groups is 2. The van der Waals surface area contributed by atoms with E-state index < -0.39 is 0 Å². The summed E-state index contributed by atoms with van der Waals surface area (Å²) in [5.41, 5.74) is 2.68. The maximum absolute atomic E-state index is 12.1. The van der Waals surface area contributed by atoms with Gasteiger partial charge in [-0.15, -0.1) is 0 Å². The van der Waals surface area contributed by atoms with Crippen LogP contribution < -0.4 is 10.1 Å². The quantitative estimate of drug-likeness (QED) is 0.720. The third kappa shape index (κ3) is 2.86. The summed E-state index contributed by atoms with van der Waals surface area (Å²) in [6.07, 6.45) is 4.25. The summed E-state index contributed by atoms with van der Waals surface area (Å²) in [4.78, 5) is 23.9. The molecule has 0 radical (unpaired) electrons. The first-order valence-electron chi connectivity index (χ1n) is 8.41. The fourth-order valence-corrected chi connectivity index (χ4v) is 3.13. The maximum Gasteiger partial charge on any atom is 0.259 e. The molecule has 3 aromatic rings. The number of imide groups is 1. The number of rotatable bonds is 5. The number of benzene rings is 2. The predicted molar refractivity (Wildman–Crippen MR) is 95.5 cm³/mol. The Labute approximate surface area is 150 Å². The average Bonchev–Trinajstić information content (AvgIpc) is 3.25. The van der Waals surface area contributed by atoms with E-state index in [1.165, 1.54) is 0 Å². The molecule has 26 heavy (non-hydrogen) atoms.